The van der Waals surface area contributed by atoms with E-state index >= 15 is 0 Å². The van der Waals surface area contributed by atoms with Crippen LogP contribution in [0.1, 0.15) is 11.3 Å². The number of alkyl halides is 3. The topological polar surface area (TPSA) is 133 Å². The molecule has 1 amide bonds. The van der Waals surface area contributed by atoms with E-state index in [0.29, 0.717) is 35.3 Å². The van der Waals surface area contributed by atoms with Gasteiger partial charge in [-0.25, -0.2) is 4.68 Å². The van der Waals surface area contributed by atoms with E-state index in [-0.39, 0.29) is 22.2 Å². The van der Waals surface area contributed by atoms with Crippen molar-refractivity contribution in [1.82, 2.24) is 9.78 Å². The molecule has 0 aliphatic rings. The van der Waals surface area contributed by atoms with Crippen molar-refractivity contribution in [3.05, 3.63) is 80.0 Å². The molecule has 0 aliphatic heterocycles. The van der Waals surface area contributed by atoms with Crippen LogP contribution in [0.4, 0.5) is 30.4 Å². The van der Waals surface area contributed by atoms with Gasteiger partial charge in [-0.3, -0.25) is 25.0 Å². The summed E-state index contributed by atoms with van der Waals surface area (Å²) in [5.74, 6) is -0.664. The molecule has 3 rings (SSSR count). The normalized spacial score (nSPS) is 11.3. The van der Waals surface area contributed by atoms with Crippen LogP contribution in [0.2, 0.25) is 0 Å². The van der Waals surface area contributed by atoms with Gasteiger partial charge in [0.25, 0.3) is 11.4 Å². The molecule has 0 saturated carbocycles. The van der Waals surface area contributed by atoms with E-state index in [4.69, 9.17) is 0 Å². The molecule has 1 aromatic heterocycles. The quantitative estimate of drug-likeness (QED) is 0.292. The van der Waals surface area contributed by atoms with Crippen molar-refractivity contribution in [2.24, 2.45) is 0 Å². The smallest absolute Gasteiger partial charge is 0.310 e. The number of anilines is 1. The Labute approximate surface area is 187 Å². The van der Waals surface area contributed by atoms with E-state index < -0.39 is 33.2 Å². The third-order valence-corrected chi connectivity index (χ3v) is 5.31. The number of amides is 1. The van der Waals surface area contributed by atoms with E-state index in [1.807, 2.05) is 0 Å². The molecule has 2 aromatic carbocycles. The van der Waals surface area contributed by atoms with Gasteiger partial charge in [-0.05, 0) is 31.2 Å². The molecule has 33 heavy (non-hydrogen) atoms. The number of non-ortho nitro benzene ring substituents is 1. The van der Waals surface area contributed by atoms with Gasteiger partial charge in [0, 0.05) is 24.3 Å². The van der Waals surface area contributed by atoms with Crippen molar-refractivity contribution in [3.63, 3.8) is 0 Å². The number of rotatable bonds is 7. The highest BCUT2D eigenvalue weighted by Gasteiger charge is 2.33. The van der Waals surface area contributed by atoms with Gasteiger partial charge in [0.15, 0.2) is 0 Å². The average molecular weight is 481 g/mol. The third kappa shape index (κ3) is 5.65. The molecule has 0 fully saturated rings. The molecule has 0 radical (unpaired) electrons. The first kappa shape index (κ1) is 23.7. The number of aryl methyl sites for hydroxylation is 1. The van der Waals surface area contributed by atoms with E-state index in [1.165, 1.54) is 28.9 Å². The zero-order chi connectivity index (χ0) is 24.3. The maximum Gasteiger partial charge on any atom is 0.416 e. The summed E-state index contributed by atoms with van der Waals surface area (Å²) < 4.78 is 39.8. The lowest BCUT2D eigenvalue weighted by molar-refractivity contribution is -0.388. The number of nitrogens with zero attached hydrogens (tertiary/aromatic N) is 4. The van der Waals surface area contributed by atoms with Gasteiger partial charge in [0.1, 0.15) is 5.82 Å². The van der Waals surface area contributed by atoms with Crippen LogP contribution in [-0.2, 0) is 11.0 Å². The third-order valence-electron chi connectivity index (χ3n) is 4.25. The Hall–Kier alpha value is -3.94. The van der Waals surface area contributed by atoms with Gasteiger partial charge in [0.2, 0.25) is 5.91 Å². The number of nitro groups is 2. The van der Waals surface area contributed by atoms with Crippen molar-refractivity contribution >= 4 is 34.9 Å². The first-order chi connectivity index (χ1) is 15.5. The molecule has 10 nitrogen and oxygen atoms in total. The minimum Gasteiger partial charge on any atom is -0.310 e. The number of nitro benzene ring substituents is 2. The minimum atomic E-state index is -4.74. The Morgan fingerprint density at radius 2 is 1.76 bits per heavy atom. The second-order valence-electron chi connectivity index (χ2n) is 6.63. The molecule has 172 valence electrons. The summed E-state index contributed by atoms with van der Waals surface area (Å²) >= 11 is 0.710. The van der Waals surface area contributed by atoms with Crippen LogP contribution >= 0.6 is 11.8 Å². The number of carbonyl (C=O) groups excluding carboxylic acids is 1. The van der Waals surface area contributed by atoms with Crippen LogP contribution < -0.4 is 5.32 Å². The molecule has 3 aromatic rings. The highest BCUT2D eigenvalue weighted by atomic mass is 32.2. The second kappa shape index (κ2) is 9.28. The van der Waals surface area contributed by atoms with Crippen molar-refractivity contribution in [1.29, 1.82) is 0 Å². The molecular formula is C19H14F3N5O5S. The van der Waals surface area contributed by atoms with Gasteiger partial charge in [-0.1, -0.05) is 0 Å². The summed E-state index contributed by atoms with van der Waals surface area (Å²) in [5.41, 5.74) is -1.06. The van der Waals surface area contributed by atoms with Gasteiger partial charge >= 0.3 is 6.18 Å². The molecular weight excluding hydrogens is 467 g/mol. The fraction of sp³-hybridized carbons (Fsp3) is 0.158. The highest BCUT2D eigenvalue weighted by molar-refractivity contribution is 8.00. The van der Waals surface area contributed by atoms with E-state index in [9.17, 15) is 38.2 Å². The maximum absolute atomic E-state index is 12.8. The fourth-order valence-corrected chi connectivity index (χ4v) is 3.59. The van der Waals surface area contributed by atoms with Gasteiger partial charge in [-0.2, -0.15) is 18.3 Å². The first-order valence-corrected chi connectivity index (χ1v) is 10.0. The number of hydrogen-bond acceptors (Lipinski definition) is 7. The predicted octanol–water partition coefficient (Wildman–Crippen LogP) is 4.75. The lowest BCUT2D eigenvalue weighted by atomic mass is 10.2. The van der Waals surface area contributed by atoms with Crippen LogP contribution in [0.15, 0.2) is 53.4 Å². The Balaban J connectivity index is 1.75. The number of thioether (sulfide) groups is 1. The lowest BCUT2D eigenvalue weighted by Gasteiger charge is -2.10. The van der Waals surface area contributed by atoms with Crippen molar-refractivity contribution in [2.45, 2.75) is 18.0 Å². The maximum atomic E-state index is 12.8. The summed E-state index contributed by atoms with van der Waals surface area (Å²) in [6, 6.07) is 9.07. The molecule has 0 spiro atoms. The second-order valence-corrected chi connectivity index (χ2v) is 7.65. The van der Waals surface area contributed by atoms with Crippen LogP contribution in [0, 0.1) is 27.2 Å². The lowest BCUT2D eigenvalue weighted by Crippen LogP contribution is -2.17. The average Bonchev–Trinajstić information content (AvgIpc) is 3.11. The number of hydrogen-bond donors (Lipinski definition) is 1. The number of nitrogens with one attached hydrogen (secondary N) is 1. The predicted molar refractivity (Wildman–Crippen MR) is 112 cm³/mol. The standard InChI is InChI=1S/C19H14F3N5O5S/c1-11-8-17(25(24-11)13-3-5-14(6-4-13)26(29)30)23-18(28)10-33-16-7-2-12(19(20,21)22)9-15(16)27(31)32/h2-9H,10H2,1H3,(H,23,28). The highest BCUT2D eigenvalue weighted by Crippen LogP contribution is 2.36. The molecule has 0 bridgehead atoms. The largest absolute Gasteiger partial charge is 0.416 e. The summed E-state index contributed by atoms with van der Waals surface area (Å²) in [6.45, 7) is 1.66. The molecule has 0 saturated heterocycles. The number of aromatic nitrogens is 2. The van der Waals surface area contributed by atoms with Crippen LogP contribution in [0.25, 0.3) is 5.69 Å². The zero-order valence-electron chi connectivity index (χ0n) is 16.7. The Morgan fingerprint density at radius 3 is 2.33 bits per heavy atom. The molecule has 1 N–H and O–H groups in total. The monoisotopic (exact) mass is 481 g/mol. The molecule has 0 aliphatic carbocycles. The minimum absolute atomic E-state index is 0.0943. The van der Waals surface area contributed by atoms with Crippen molar-refractivity contribution in [2.75, 3.05) is 11.1 Å². The summed E-state index contributed by atoms with van der Waals surface area (Å²) in [4.78, 5) is 32.8. The van der Waals surface area contributed by atoms with Crippen molar-refractivity contribution in [3.8, 4) is 5.69 Å². The Kier molecular flexibility index (Phi) is 6.67. The van der Waals surface area contributed by atoms with Crippen LogP contribution in [-0.4, -0.2) is 31.3 Å². The van der Waals surface area contributed by atoms with Gasteiger partial charge in [0.05, 0.1) is 37.4 Å². The summed E-state index contributed by atoms with van der Waals surface area (Å²) in [6.07, 6.45) is -4.74. The van der Waals surface area contributed by atoms with Crippen LogP contribution in [0.3, 0.4) is 0 Å². The molecule has 0 unspecified atom stereocenters. The first-order valence-electron chi connectivity index (χ1n) is 9.05. The van der Waals surface area contributed by atoms with E-state index in [0.717, 1.165) is 6.07 Å². The molecule has 14 heteroatoms. The van der Waals surface area contributed by atoms with Crippen LogP contribution in [0.5, 0.6) is 0 Å². The Bertz CT molecular complexity index is 1230. The van der Waals surface area contributed by atoms with Crippen molar-refractivity contribution < 1.29 is 27.8 Å². The zero-order valence-corrected chi connectivity index (χ0v) is 17.5. The fourth-order valence-electron chi connectivity index (χ4n) is 2.78. The molecule has 1 heterocycles. The Morgan fingerprint density at radius 1 is 1.09 bits per heavy atom. The number of benzene rings is 2. The summed E-state index contributed by atoms with van der Waals surface area (Å²) in [7, 11) is 0. The SMILES string of the molecule is Cc1cc(NC(=O)CSc2ccc(C(F)(F)F)cc2[N+](=O)[O-])n(-c2ccc([N+](=O)[O-])cc2)n1. The number of halogens is 3. The van der Waals surface area contributed by atoms with E-state index in [1.54, 1.807) is 13.0 Å². The number of carbonyl (C=O) groups is 1. The van der Waals surface area contributed by atoms with E-state index in [2.05, 4.69) is 10.4 Å². The summed E-state index contributed by atoms with van der Waals surface area (Å²) in [5, 5.41) is 28.8. The van der Waals surface area contributed by atoms with Gasteiger partial charge < -0.3 is 5.32 Å². The van der Waals surface area contributed by atoms with Gasteiger partial charge in [-0.15, -0.1) is 11.8 Å². The molecule has 0 atom stereocenters.